The summed E-state index contributed by atoms with van der Waals surface area (Å²) in [5.41, 5.74) is 3.11. The third kappa shape index (κ3) is 3.49. The van der Waals surface area contributed by atoms with E-state index in [2.05, 4.69) is 44.1 Å². The molecule has 0 spiro atoms. The van der Waals surface area contributed by atoms with Crippen molar-refractivity contribution in [2.45, 2.75) is 0 Å². The van der Waals surface area contributed by atoms with Crippen LogP contribution in [0.1, 0.15) is 11.1 Å². The molecule has 156 valence electrons. The van der Waals surface area contributed by atoms with Gasteiger partial charge in [-0.3, -0.25) is 14.7 Å². The lowest BCUT2D eigenvalue weighted by atomic mass is 9.74. The fraction of sp³-hybridized carbons (Fsp3) is 0.391. The molecule has 2 aromatic rings. The van der Waals surface area contributed by atoms with Crippen LogP contribution in [-0.2, 0) is 0 Å². The van der Waals surface area contributed by atoms with Gasteiger partial charge in [0, 0.05) is 19.6 Å². The van der Waals surface area contributed by atoms with E-state index >= 15 is 0 Å². The van der Waals surface area contributed by atoms with Gasteiger partial charge in [0.1, 0.15) is 0 Å². The van der Waals surface area contributed by atoms with Crippen molar-refractivity contribution in [3.63, 3.8) is 0 Å². The van der Waals surface area contributed by atoms with Gasteiger partial charge in [-0.1, -0.05) is 30.3 Å². The Labute approximate surface area is 177 Å². The van der Waals surface area contributed by atoms with E-state index in [-0.39, 0.29) is 5.41 Å². The summed E-state index contributed by atoms with van der Waals surface area (Å²) in [7, 11) is 3.27. The van der Waals surface area contributed by atoms with Crippen molar-refractivity contribution in [2.24, 2.45) is 15.6 Å². The zero-order valence-corrected chi connectivity index (χ0v) is 17.5. The number of rotatable bonds is 6. The molecule has 4 heterocycles. The van der Waals surface area contributed by atoms with Gasteiger partial charge in [0.2, 0.25) is 0 Å². The monoisotopic (exact) mass is 405 g/mol. The molecule has 0 unspecified atom stereocenters. The molecule has 4 aliphatic heterocycles. The summed E-state index contributed by atoms with van der Waals surface area (Å²) < 4.78 is 10.7. The molecule has 0 N–H and O–H groups in total. The van der Waals surface area contributed by atoms with Crippen molar-refractivity contribution in [2.75, 3.05) is 53.9 Å². The summed E-state index contributed by atoms with van der Waals surface area (Å²) in [6.45, 7) is 6.23. The summed E-state index contributed by atoms with van der Waals surface area (Å²) in [6.07, 6.45) is 1.78. The summed E-state index contributed by atoms with van der Waals surface area (Å²) in [5, 5.41) is 9.33. The summed E-state index contributed by atoms with van der Waals surface area (Å²) in [6, 6.07) is 16.2. The molecule has 0 radical (unpaired) electrons. The van der Waals surface area contributed by atoms with Crippen LogP contribution in [0.3, 0.4) is 0 Å². The molecule has 7 nitrogen and oxygen atoms in total. The maximum absolute atomic E-state index is 5.40. The minimum Gasteiger partial charge on any atom is -0.493 e. The molecule has 7 heteroatoms. The first-order valence-electron chi connectivity index (χ1n) is 10.3. The van der Waals surface area contributed by atoms with E-state index in [1.807, 2.05) is 24.3 Å². The fourth-order valence-electron chi connectivity index (χ4n) is 5.09. The Bertz CT molecular complexity index is 938. The Kier molecular flexibility index (Phi) is 5.02. The Morgan fingerprint density at radius 3 is 2.10 bits per heavy atom. The average molecular weight is 406 g/mol. The van der Waals surface area contributed by atoms with Crippen molar-refractivity contribution < 1.29 is 9.47 Å². The van der Waals surface area contributed by atoms with Crippen molar-refractivity contribution in [3.05, 3.63) is 59.7 Å². The predicted molar refractivity (Wildman–Crippen MR) is 117 cm³/mol. The van der Waals surface area contributed by atoms with Crippen molar-refractivity contribution in [3.8, 4) is 11.5 Å². The van der Waals surface area contributed by atoms with Crippen LogP contribution < -0.4 is 9.47 Å². The third-order valence-electron chi connectivity index (χ3n) is 6.10. The minimum absolute atomic E-state index is 0.0228. The average Bonchev–Trinajstić information content (AvgIpc) is 2.76. The van der Waals surface area contributed by atoms with E-state index in [0.29, 0.717) is 11.5 Å². The van der Waals surface area contributed by atoms with Crippen LogP contribution in [-0.4, -0.2) is 80.5 Å². The molecular weight excluding hydrogens is 378 g/mol. The molecule has 0 aromatic heterocycles. The van der Waals surface area contributed by atoms with Gasteiger partial charge in [0.15, 0.2) is 11.5 Å². The molecule has 6 rings (SSSR count). The van der Waals surface area contributed by atoms with E-state index in [1.165, 1.54) is 0 Å². The first-order valence-corrected chi connectivity index (χ1v) is 10.3. The second kappa shape index (κ2) is 7.83. The van der Waals surface area contributed by atoms with E-state index < -0.39 is 0 Å². The van der Waals surface area contributed by atoms with Crippen LogP contribution in [0.5, 0.6) is 11.5 Å². The van der Waals surface area contributed by atoms with Crippen LogP contribution in [0.15, 0.2) is 58.7 Å². The second-order valence-electron chi connectivity index (χ2n) is 8.37. The molecule has 0 saturated carbocycles. The molecule has 30 heavy (non-hydrogen) atoms. The summed E-state index contributed by atoms with van der Waals surface area (Å²) in [4.78, 5) is 7.52. The van der Waals surface area contributed by atoms with E-state index in [1.54, 1.807) is 20.4 Å². The van der Waals surface area contributed by atoms with Gasteiger partial charge >= 0.3 is 0 Å². The standard InChI is InChI=1S/C23H27N5O2/c1-29-20-9-8-18(10-21(20)30-2)11-24-25-22(19-6-4-3-5-7-19)23-12-26-15-27(13-23)17-28(14-23)16-26/h3-11H,12-17H2,1-2H3. The maximum atomic E-state index is 5.40. The molecule has 0 aliphatic carbocycles. The predicted octanol–water partition coefficient (Wildman–Crippen LogP) is 2.33. The number of nitrogens with zero attached hydrogens (tertiary/aromatic N) is 5. The quantitative estimate of drug-likeness (QED) is 0.545. The smallest absolute Gasteiger partial charge is 0.161 e. The maximum Gasteiger partial charge on any atom is 0.161 e. The Morgan fingerprint density at radius 2 is 1.50 bits per heavy atom. The van der Waals surface area contributed by atoms with Gasteiger partial charge in [0.05, 0.1) is 51.6 Å². The number of benzene rings is 2. The molecule has 4 aliphatic rings. The van der Waals surface area contributed by atoms with Gasteiger partial charge in [-0.15, -0.1) is 0 Å². The Morgan fingerprint density at radius 1 is 0.867 bits per heavy atom. The lowest BCUT2D eigenvalue weighted by molar-refractivity contribution is -0.149. The second-order valence-corrected chi connectivity index (χ2v) is 8.37. The molecule has 0 atom stereocenters. The topological polar surface area (TPSA) is 52.9 Å². The number of hydrogen-bond acceptors (Lipinski definition) is 7. The van der Waals surface area contributed by atoms with Gasteiger partial charge in [-0.05, 0) is 29.3 Å². The van der Waals surface area contributed by atoms with Crippen LogP contribution in [0.25, 0.3) is 0 Å². The Hall–Kier alpha value is -2.74. The van der Waals surface area contributed by atoms with E-state index in [4.69, 9.17) is 14.6 Å². The zero-order chi connectivity index (χ0) is 20.6. The van der Waals surface area contributed by atoms with Crippen LogP contribution in [0.4, 0.5) is 0 Å². The zero-order valence-electron chi connectivity index (χ0n) is 17.5. The highest BCUT2D eigenvalue weighted by molar-refractivity contribution is 6.05. The van der Waals surface area contributed by atoms with Crippen molar-refractivity contribution in [1.82, 2.24) is 14.7 Å². The molecule has 4 saturated heterocycles. The van der Waals surface area contributed by atoms with Gasteiger partial charge in [0.25, 0.3) is 0 Å². The molecular formula is C23H27N5O2. The van der Waals surface area contributed by atoms with Gasteiger partial charge in [-0.25, -0.2) is 0 Å². The van der Waals surface area contributed by atoms with Gasteiger partial charge < -0.3 is 9.47 Å². The van der Waals surface area contributed by atoms with Crippen LogP contribution >= 0.6 is 0 Å². The first kappa shape index (κ1) is 19.2. The highest BCUT2D eigenvalue weighted by Crippen LogP contribution is 2.38. The summed E-state index contributed by atoms with van der Waals surface area (Å²) >= 11 is 0. The van der Waals surface area contributed by atoms with Crippen LogP contribution in [0.2, 0.25) is 0 Å². The highest BCUT2D eigenvalue weighted by Gasteiger charge is 2.51. The normalized spacial score (nSPS) is 30.1. The van der Waals surface area contributed by atoms with Crippen LogP contribution in [0, 0.1) is 5.41 Å². The summed E-state index contributed by atoms with van der Waals surface area (Å²) in [5.74, 6) is 1.39. The van der Waals surface area contributed by atoms with Crippen molar-refractivity contribution in [1.29, 1.82) is 0 Å². The molecule has 2 aromatic carbocycles. The van der Waals surface area contributed by atoms with E-state index in [0.717, 1.165) is 56.5 Å². The number of ether oxygens (including phenoxy) is 2. The number of hydrogen-bond donors (Lipinski definition) is 0. The van der Waals surface area contributed by atoms with Gasteiger partial charge in [-0.2, -0.15) is 10.2 Å². The Balaban J connectivity index is 1.49. The lowest BCUT2D eigenvalue weighted by Gasteiger charge is -2.60. The highest BCUT2D eigenvalue weighted by atomic mass is 16.5. The van der Waals surface area contributed by atoms with E-state index in [9.17, 15) is 0 Å². The first-order chi connectivity index (χ1) is 14.7. The fourth-order valence-corrected chi connectivity index (χ4v) is 5.09. The largest absolute Gasteiger partial charge is 0.493 e. The molecule has 4 bridgehead atoms. The third-order valence-corrected chi connectivity index (χ3v) is 6.10. The number of methoxy groups -OCH3 is 2. The molecule has 0 amide bonds. The SMILES string of the molecule is COc1ccc(C=NN=C(c2ccccc2)C23CN4CN(CN(C4)C2)C3)cc1OC. The van der Waals surface area contributed by atoms with Crippen molar-refractivity contribution >= 4 is 11.9 Å². The molecule has 4 fully saturated rings. The lowest BCUT2D eigenvalue weighted by Crippen LogP contribution is -2.74. The minimum atomic E-state index is -0.0228.